The number of anilines is 2. The first-order chi connectivity index (χ1) is 23.6. The molecule has 49 heavy (non-hydrogen) atoms. The zero-order valence-electron chi connectivity index (χ0n) is 27.8. The van der Waals surface area contributed by atoms with E-state index in [-0.39, 0.29) is 24.9 Å². The minimum absolute atomic E-state index is 0.152. The molecule has 2 bridgehead atoms. The number of hydrogen-bond donors (Lipinski definition) is 1. The van der Waals surface area contributed by atoms with Gasteiger partial charge in [0.1, 0.15) is 17.4 Å². The average molecular weight is 684 g/mol. The lowest BCUT2D eigenvalue weighted by Crippen LogP contribution is -2.57. The Bertz CT molecular complexity index is 1720. The molecule has 0 aliphatic carbocycles. The summed E-state index contributed by atoms with van der Waals surface area (Å²) in [6.45, 7) is 12.0. The van der Waals surface area contributed by atoms with Crippen LogP contribution in [0.1, 0.15) is 38.3 Å². The van der Waals surface area contributed by atoms with Gasteiger partial charge >= 0.3 is 0 Å². The van der Waals surface area contributed by atoms with E-state index in [9.17, 15) is 9.90 Å². The van der Waals surface area contributed by atoms with Gasteiger partial charge in [-0.25, -0.2) is 0 Å². The SMILES string of the molecule is C=CCN(C(=O)C1N([C@H](CO)c2ccccc2)C(=O)[C@@H]2[C@@H](C(=O)N(CC=C)c3ccc(OCC)cc3)[C@@]3(C)CCC12O3)c1ccc(Cl)cc1. The normalized spacial score (nSPS) is 25.8. The lowest BCUT2D eigenvalue weighted by molar-refractivity contribution is -0.148. The predicted octanol–water partition coefficient (Wildman–Crippen LogP) is 5.98. The van der Waals surface area contributed by atoms with Crippen molar-refractivity contribution < 1.29 is 29.0 Å². The average Bonchev–Trinajstić information content (AvgIpc) is 3.68. The summed E-state index contributed by atoms with van der Waals surface area (Å²) in [6, 6.07) is 21.2. The summed E-state index contributed by atoms with van der Waals surface area (Å²) in [4.78, 5) is 49.6. The molecule has 3 fully saturated rings. The first kappa shape index (κ1) is 34.4. The molecule has 6 rings (SSSR count). The lowest BCUT2D eigenvalue weighted by Gasteiger charge is -2.39. The molecular weight excluding hydrogens is 642 g/mol. The molecule has 1 spiro atoms. The van der Waals surface area contributed by atoms with E-state index >= 15 is 9.59 Å². The molecule has 1 N–H and O–H groups in total. The first-order valence-corrected chi connectivity index (χ1v) is 17.0. The summed E-state index contributed by atoms with van der Waals surface area (Å²) in [5.74, 6) is -2.28. The molecule has 0 saturated carbocycles. The van der Waals surface area contributed by atoms with E-state index < -0.39 is 47.6 Å². The van der Waals surface area contributed by atoms with Crippen molar-refractivity contribution in [3.05, 3.63) is 115 Å². The zero-order valence-corrected chi connectivity index (χ0v) is 28.6. The molecule has 256 valence electrons. The topological polar surface area (TPSA) is 99.6 Å². The third kappa shape index (κ3) is 5.83. The third-order valence-corrected chi connectivity index (χ3v) is 10.4. The fourth-order valence-corrected chi connectivity index (χ4v) is 8.24. The highest BCUT2D eigenvalue weighted by Crippen LogP contribution is 2.64. The van der Waals surface area contributed by atoms with Gasteiger partial charge in [0.25, 0.3) is 5.91 Å². The van der Waals surface area contributed by atoms with Gasteiger partial charge in [-0.3, -0.25) is 14.4 Å². The van der Waals surface area contributed by atoms with Crippen LogP contribution >= 0.6 is 11.6 Å². The van der Waals surface area contributed by atoms with E-state index in [1.807, 2.05) is 56.3 Å². The minimum Gasteiger partial charge on any atom is -0.494 e. The van der Waals surface area contributed by atoms with E-state index in [4.69, 9.17) is 21.1 Å². The molecule has 2 unspecified atom stereocenters. The van der Waals surface area contributed by atoms with Gasteiger partial charge in [0.15, 0.2) is 0 Å². The van der Waals surface area contributed by atoms with E-state index in [1.54, 1.807) is 58.4 Å². The Balaban J connectivity index is 1.47. The Labute approximate surface area is 292 Å². The van der Waals surface area contributed by atoms with Crippen molar-refractivity contribution in [1.82, 2.24) is 4.90 Å². The van der Waals surface area contributed by atoms with Crippen LogP contribution in [0.15, 0.2) is 104 Å². The largest absolute Gasteiger partial charge is 0.494 e. The van der Waals surface area contributed by atoms with Crippen LogP contribution in [0.2, 0.25) is 5.02 Å². The van der Waals surface area contributed by atoms with Crippen molar-refractivity contribution in [3.8, 4) is 5.75 Å². The summed E-state index contributed by atoms with van der Waals surface area (Å²) < 4.78 is 12.6. The summed E-state index contributed by atoms with van der Waals surface area (Å²) in [7, 11) is 0. The molecule has 3 saturated heterocycles. The maximum Gasteiger partial charge on any atom is 0.253 e. The van der Waals surface area contributed by atoms with E-state index in [0.717, 1.165) is 0 Å². The zero-order chi connectivity index (χ0) is 34.9. The Morgan fingerprint density at radius 2 is 1.57 bits per heavy atom. The molecule has 6 atom stereocenters. The molecule has 3 aromatic carbocycles. The highest BCUT2D eigenvalue weighted by Gasteiger charge is 2.79. The van der Waals surface area contributed by atoms with Gasteiger partial charge in [-0.2, -0.15) is 0 Å². The molecule has 10 heteroatoms. The fourth-order valence-electron chi connectivity index (χ4n) is 8.11. The van der Waals surface area contributed by atoms with Crippen LogP contribution < -0.4 is 14.5 Å². The minimum atomic E-state index is -1.32. The van der Waals surface area contributed by atoms with E-state index in [2.05, 4.69) is 13.2 Å². The van der Waals surface area contributed by atoms with Crippen molar-refractivity contribution in [2.24, 2.45) is 11.8 Å². The maximum atomic E-state index is 15.0. The van der Waals surface area contributed by atoms with Crippen LogP contribution in [0, 0.1) is 11.8 Å². The van der Waals surface area contributed by atoms with Gasteiger partial charge < -0.3 is 29.3 Å². The first-order valence-electron chi connectivity index (χ1n) is 16.6. The van der Waals surface area contributed by atoms with Gasteiger partial charge in [-0.1, -0.05) is 54.1 Å². The maximum absolute atomic E-state index is 15.0. The second-order valence-electron chi connectivity index (χ2n) is 13.0. The summed E-state index contributed by atoms with van der Waals surface area (Å²) in [5.41, 5.74) is -0.476. The van der Waals surface area contributed by atoms with E-state index in [1.165, 1.54) is 4.90 Å². The second-order valence-corrected chi connectivity index (χ2v) is 13.4. The summed E-state index contributed by atoms with van der Waals surface area (Å²) >= 11 is 6.20. The number of carbonyl (C=O) groups excluding carboxylic acids is 3. The number of amides is 3. The molecule has 3 aliphatic rings. The van der Waals surface area contributed by atoms with Crippen molar-refractivity contribution in [3.63, 3.8) is 0 Å². The predicted molar refractivity (Wildman–Crippen MR) is 190 cm³/mol. The van der Waals surface area contributed by atoms with Crippen molar-refractivity contribution in [1.29, 1.82) is 0 Å². The number of aliphatic hydroxyl groups excluding tert-OH is 1. The van der Waals surface area contributed by atoms with Crippen molar-refractivity contribution >= 4 is 40.7 Å². The summed E-state index contributed by atoms with van der Waals surface area (Å²) in [5, 5.41) is 11.4. The molecule has 9 nitrogen and oxygen atoms in total. The number of aliphatic hydroxyl groups is 1. The third-order valence-electron chi connectivity index (χ3n) is 10.2. The van der Waals surface area contributed by atoms with Crippen molar-refractivity contribution in [2.75, 3.05) is 36.1 Å². The number of rotatable bonds is 13. The van der Waals surface area contributed by atoms with Gasteiger partial charge in [0, 0.05) is 29.5 Å². The number of likely N-dealkylation sites (tertiary alicyclic amines) is 1. The van der Waals surface area contributed by atoms with Gasteiger partial charge in [-0.05, 0) is 80.8 Å². The standard InChI is InChI=1S/C39H42ClN3O6/c1-5-23-41(29-17-19-30(20-18-29)48-7-3)35(45)32-33-36(46)43(31(25-44)26-11-9-8-10-12-26)34(39(33)22-21-38(32,4)49-39)37(47)42(24-6-2)28-15-13-27(40)14-16-28/h5-6,8-20,31-34,44H,1-2,7,21-25H2,3-4H3/t31-,32+,33+,34?,38-,39?/m1/s1. The Kier molecular flexibility index (Phi) is 9.71. The molecule has 3 heterocycles. The monoisotopic (exact) mass is 683 g/mol. The molecule has 3 aliphatic heterocycles. The van der Waals surface area contributed by atoms with Crippen LogP contribution in [0.25, 0.3) is 0 Å². The van der Waals surface area contributed by atoms with Crippen LogP contribution in [0.5, 0.6) is 5.75 Å². The van der Waals surface area contributed by atoms with Crippen LogP contribution in [0.4, 0.5) is 11.4 Å². The fraction of sp³-hybridized carbons (Fsp3) is 0.359. The highest BCUT2D eigenvalue weighted by molar-refractivity contribution is 6.30. The quantitative estimate of drug-likeness (QED) is 0.223. The van der Waals surface area contributed by atoms with Gasteiger partial charge in [-0.15, -0.1) is 13.2 Å². The molecule has 3 amide bonds. The van der Waals surface area contributed by atoms with E-state index in [0.29, 0.717) is 47.2 Å². The number of hydrogen-bond acceptors (Lipinski definition) is 6. The molecule has 3 aromatic rings. The Morgan fingerprint density at radius 1 is 0.980 bits per heavy atom. The van der Waals surface area contributed by atoms with Gasteiger partial charge in [0.2, 0.25) is 11.8 Å². The number of carbonyl (C=O) groups is 3. The number of nitrogens with zero attached hydrogens (tertiary/aromatic N) is 3. The number of halogens is 1. The Hall–Kier alpha value is -4.44. The highest BCUT2D eigenvalue weighted by atomic mass is 35.5. The number of ether oxygens (including phenoxy) is 2. The second kappa shape index (κ2) is 13.8. The summed E-state index contributed by atoms with van der Waals surface area (Å²) in [6.07, 6.45) is 4.12. The number of fused-ring (bicyclic) bond motifs is 1. The smallest absolute Gasteiger partial charge is 0.253 e. The lowest BCUT2D eigenvalue weighted by atomic mass is 9.66. The molecular formula is C39H42ClN3O6. The van der Waals surface area contributed by atoms with Crippen LogP contribution in [0.3, 0.4) is 0 Å². The van der Waals surface area contributed by atoms with Crippen molar-refractivity contribution in [2.45, 2.75) is 50.0 Å². The number of benzene rings is 3. The van der Waals surface area contributed by atoms with Crippen LogP contribution in [-0.4, -0.2) is 71.3 Å². The molecule has 0 aromatic heterocycles. The Morgan fingerprint density at radius 3 is 2.14 bits per heavy atom. The van der Waals surface area contributed by atoms with Gasteiger partial charge in [0.05, 0.1) is 36.7 Å². The molecule has 0 radical (unpaired) electrons. The van der Waals surface area contributed by atoms with Crippen LogP contribution in [-0.2, 0) is 19.1 Å².